The van der Waals surface area contributed by atoms with E-state index in [1.54, 1.807) is 22.3 Å². The normalized spacial score (nSPS) is 11.4. The van der Waals surface area contributed by atoms with E-state index in [1.165, 1.54) is 6.20 Å². The Morgan fingerprint density at radius 1 is 1.19 bits per heavy atom. The topological polar surface area (TPSA) is 94.9 Å². The molecule has 0 spiro atoms. The highest BCUT2D eigenvalue weighted by molar-refractivity contribution is 6.41. The number of rotatable bonds is 7. The molecule has 162 valence electrons. The van der Waals surface area contributed by atoms with Crippen molar-refractivity contribution in [3.63, 3.8) is 0 Å². The number of aromatic nitrogens is 7. The molecule has 4 aromatic heterocycles. The van der Waals surface area contributed by atoms with Crippen molar-refractivity contribution in [2.24, 2.45) is 0 Å². The van der Waals surface area contributed by atoms with Crippen LogP contribution in [0.5, 0.6) is 0 Å². The van der Waals surface area contributed by atoms with Gasteiger partial charge in [-0.05, 0) is 33.3 Å². The molecule has 0 aliphatic rings. The van der Waals surface area contributed by atoms with Crippen LogP contribution < -0.4 is 5.32 Å². The number of amides is 1. The summed E-state index contributed by atoms with van der Waals surface area (Å²) < 4.78 is 5.18. The fraction of sp³-hybridized carbons (Fsp3) is 0.350. The summed E-state index contributed by atoms with van der Waals surface area (Å²) in [5, 5.41) is 16.9. The minimum Gasteiger partial charge on any atom is -0.352 e. The summed E-state index contributed by atoms with van der Waals surface area (Å²) in [4.78, 5) is 17.1. The van der Waals surface area contributed by atoms with Gasteiger partial charge in [0, 0.05) is 37.6 Å². The quantitative estimate of drug-likeness (QED) is 0.425. The molecule has 31 heavy (non-hydrogen) atoms. The minimum atomic E-state index is -0.235. The van der Waals surface area contributed by atoms with Gasteiger partial charge in [-0.25, -0.2) is 9.50 Å². The first-order chi connectivity index (χ1) is 14.9. The smallest absolute Gasteiger partial charge is 0.256 e. The zero-order valence-electron chi connectivity index (χ0n) is 17.4. The lowest BCUT2D eigenvalue weighted by Crippen LogP contribution is -2.25. The maximum Gasteiger partial charge on any atom is 0.256 e. The molecule has 0 unspecified atom stereocenters. The molecule has 1 N–H and O–H groups in total. The summed E-state index contributed by atoms with van der Waals surface area (Å²) in [7, 11) is 0. The maximum atomic E-state index is 12.7. The zero-order valence-corrected chi connectivity index (χ0v) is 18.9. The summed E-state index contributed by atoms with van der Waals surface area (Å²) in [5.41, 5.74) is 4.28. The Hall–Kier alpha value is -2.91. The fourth-order valence-corrected chi connectivity index (χ4v) is 3.79. The van der Waals surface area contributed by atoms with Crippen LogP contribution >= 0.6 is 23.2 Å². The lowest BCUT2D eigenvalue weighted by molar-refractivity contribution is 0.0954. The lowest BCUT2D eigenvalue weighted by atomic mass is 10.2. The third-order valence-corrected chi connectivity index (χ3v) is 5.95. The molecule has 0 aliphatic heterocycles. The predicted octanol–water partition coefficient (Wildman–Crippen LogP) is 3.55. The second-order valence-electron chi connectivity index (χ2n) is 7.13. The summed E-state index contributed by atoms with van der Waals surface area (Å²) in [6.07, 6.45) is 5.84. The summed E-state index contributed by atoms with van der Waals surface area (Å²) in [6, 6.07) is 1.87. The van der Waals surface area contributed by atoms with Crippen LogP contribution in [0.4, 0.5) is 0 Å². The molecule has 0 saturated carbocycles. The van der Waals surface area contributed by atoms with Crippen molar-refractivity contribution in [3.05, 3.63) is 51.8 Å². The first-order valence-electron chi connectivity index (χ1n) is 9.94. The van der Waals surface area contributed by atoms with Gasteiger partial charge in [-0.15, -0.1) is 0 Å². The van der Waals surface area contributed by atoms with E-state index < -0.39 is 0 Å². The van der Waals surface area contributed by atoms with Gasteiger partial charge in [-0.2, -0.15) is 15.3 Å². The number of fused-ring (bicyclic) bond motifs is 1. The van der Waals surface area contributed by atoms with Gasteiger partial charge in [0.1, 0.15) is 15.7 Å². The van der Waals surface area contributed by atoms with Crippen LogP contribution in [-0.2, 0) is 13.1 Å². The van der Waals surface area contributed by atoms with Gasteiger partial charge in [-0.3, -0.25) is 14.2 Å². The van der Waals surface area contributed by atoms with Gasteiger partial charge in [0.2, 0.25) is 0 Å². The highest BCUT2D eigenvalue weighted by Crippen LogP contribution is 2.25. The van der Waals surface area contributed by atoms with E-state index in [0.29, 0.717) is 46.6 Å². The number of aryl methyl sites for hydroxylation is 4. The molecule has 11 heteroatoms. The fourth-order valence-electron chi connectivity index (χ4n) is 3.39. The summed E-state index contributed by atoms with van der Waals surface area (Å²) >= 11 is 12.2. The molecular formula is C20H22Cl2N8O. The van der Waals surface area contributed by atoms with E-state index in [2.05, 4.69) is 25.6 Å². The molecule has 4 aromatic rings. The van der Waals surface area contributed by atoms with Crippen LogP contribution in [0.15, 0.2) is 24.7 Å². The van der Waals surface area contributed by atoms with Crippen molar-refractivity contribution >= 4 is 34.8 Å². The molecule has 0 bridgehead atoms. The molecule has 0 aromatic carbocycles. The van der Waals surface area contributed by atoms with E-state index in [9.17, 15) is 4.79 Å². The molecule has 0 saturated heterocycles. The van der Waals surface area contributed by atoms with Gasteiger partial charge in [0.05, 0.1) is 23.3 Å². The Kier molecular flexibility index (Phi) is 5.97. The van der Waals surface area contributed by atoms with Crippen molar-refractivity contribution in [1.82, 2.24) is 39.5 Å². The molecule has 1 amide bonds. The number of hydrogen-bond acceptors (Lipinski definition) is 5. The number of hydrogen-bond donors (Lipinski definition) is 1. The van der Waals surface area contributed by atoms with Crippen LogP contribution in [0.25, 0.3) is 16.9 Å². The van der Waals surface area contributed by atoms with Gasteiger partial charge < -0.3 is 5.32 Å². The monoisotopic (exact) mass is 460 g/mol. The van der Waals surface area contributed by atoms with Gasteiger partial charge in [0.25, 0.3) is 5.91 Å². The lowest BCUT2D eigenvalue weighted by Gasteiger charge is -2.06. The van der Waals surface area contributed by atoms with Crippen LogP contribution in [0.2, 0.25) is 10.2 Å². The number of carbonyl (C=O) groups is 1. The third kappa shape index (κ3) is 4.03. The average Bonchev–Trinajstić information content (AvgIpc) is 3.43. The second-order valence-corrected chi connectivity index (χ2v) is 7.87. The van der Waals surface area contributed by atoms with Gasteiger partial charge in [0.15, 0.2) is 5.65 Å². The Morgan fingerprint density at radius 3 is 2.68 bits per heavy atom. The van der Waals surface area contributed by atoms with Crippen molar-refractivity contribution in [3.8, 4) is 11.3 Å². The van der Waals surface area contributed by atoms with E-state index in [4.69, 9.17) is 23.2 Å². The largest absolute Gasteiger partial charge is 0.352 e. The Bertz CT molecular complexity index is 1260. The Balaban J connectivity index is 1.47. The third-order valence-electron chi connectivity index (χ3n) is 5.02. The SMILES string of the molecule is CCn1cc(-c2ccnc3c(C(=O)NCCCn4nc(C)c(Cl)c4Cl)cnn23)c(C)n1. The Morgan fingerprint density at radius 2 is 2.00 bits per heavy atom. The molecule has 4 rings (SSSR count). The molecule has 9 nitrogen and oxygen atoms in total. The van der Waals surface area contributed by atoms with Crippen LogP contribution in [0, 0.1) is 13.8 Å². The summed E-state index contributed by atoms with van der Waals surface area (Å²) in [6.45, 7) is 7.55. The van der Waals surface area contributed by atoms with Crippen LogP contribution in [0.3, 0.4) is 0 Å². The molecular weight excluding hydrogens is 439 g/mol. The van der Waals surface area contributed by atoms with E-state index >= 15 is 0 Å². The predicted molar refractivity (Wildman–Crippen MR) is 119 cm³/mol. The highest BCUT2D eigenvalue weighted by Gasteiger charge is 2.18. The molecule has 0 radical (unpaired) electrons. The first-order valence-corrected chi connectivity index (χ1v) is 10.7. The van der Waals surface area contributed by atoms with E-state index in [1.807, 2.05) is 30.8 Å². The molecule has 0 aliphatic carbocycles. The second kappa shape index (κ2) is 8.68. The molecule has 0 fully saturated rings. The number of nitrogens with zero attached hydrogens (tertiary/aromatic N) is 7. The zero-order chi connectivity index (χ0) is 22.1. The van der Waals surface area contributed by atoms with E-state index in [0.717, 1.165) is 23.5 Å². The minimum absolute atomic E-state index is 0.235. The molecule has 0 atom stereocenters. The van der Waals surface area contributed by atoms with Crippen molar-refractivity contribution in [1.29, 1.82) is 0 Å². The highest BCUT2D eigenvalue weighted by atomic mass is 35.5. The summed E-state index contributed by atoms with van der Waals surface area (Å²) in [5.74, 6) is -0.235. The maximum absolute atomic E-state index is 12.7. The average molecular weight is 461 g/mol. The van der Waals surface area contributed by atoms with Crippen LogP contribution in [0.1, 0.15) is 35.1 Å². The number of nitrogens with one attached hydrogen (secondary N) is 1. The number of halogens is 2. The van der Waals surface area contributed by atoms with Crippen molar-refractivity contribution in [2.45, 2.75) is 40.3 Å². The van der Waals surface area contributed by atoms with Crippen molar-refractivity contribution < 1.29 is 4.79 Å². The van der Waals surface area contributed by atoms with Gasteiger partial charge in [-0.1, -0.05) is 23.2 Å². The van der Waals surface area contributed by atoms with Crippen LogP contribution in [-0.4, -0.2) is 46.6 Å². The van der Waals surface area contributed by atoms with Gasteiger partial charge >= 0.3 is 0 Å². The molecule has 4 heterocycles. The number of carbonyl (C=O) groups excluding carboxylic acids is 1. The van der Waals surface area contributed by atoms with Crippen molar-refractivity contribution in [2.75, 3.05) is 6.54 Å². The standard InChI is InChI=1S/C20H22Cl2N8O/c1-4-28-11-15(12(2)26-28)16-6-8-23-19-14(10-25-30(16)19)20(31)24-7-5-9-29-18(22)17(21)13(3)27-29/h6,8,10-11H,4-5,7,9H2,1-3H3,(H,24,31). The first kappa shape index (κ1) is 21.3. The Labute approximate surface area is 189 Å². The van der Waals surface area contributed by atoms with E-state index in [-0.39, 0.29) is 5.91 Å².